The number of hydrogen-bond acceptors (Lipinski definition) is 6. The summed E-state index contributed by atoms with van der Waals surface area (Å²) in [6.45, 7) is 6.41. The zero-order valence-electron chi connectivity index (χ0n) is 45.8. The Morgan fingerprint density at radius 2 is 0.586 bits per heavy atom. The van der Waals surface area contributed by atoms with Gasteiger partial charge in [0.1, 0.15) is 13.2 Å². The minimum atomic E-state index is -0.797. The molecule has 0 saturated carbocycles. The number of unbranched alkanes of at least 4 members (excludes halogenated alkanes) is 31. The Morgan fingerprint density at radius 1 is 0.300 bits per heavy atom. The summed E-state index contributed by atoms with van der Waals surface area (Å²) in [5, 5.41) is 0. The van der Waals surface area contributed by atoms with E-state index in [0.29, 0.717) is 19.3 Å². The van der Waals surface area contributed by atoms with E-state index in [-0.39, 0.29) is 31.1 Å². The molecule has 0 spiro atoms. The number of carbonyl (C=O) groups excluding carboxylic acids is 3. The van der Waals surface area contributed by atoms with Gasteiger partial charge >= 0.3 is 17.9 Å². The first-order valence-electron chi connectivity index (χ1n) is 29.3. The molecule has 1 unspecified atom stereocenters. The van der Waals surface area contributed by atoms with Crippen molar-refractivity contribution in [2.75, 3.05) is 13.2 Å². The Balaban J connectivity index is 4.43. The Kier molecular flexibility index (Phi) is 54.9. The summed E-state index contributed by atoms with van der Waals surface area (Å²) in [5.74, 6) is -0.922. The summed E-state index contributed by atoms with van der Waals surface area (Å²) in [5.41, 5.74) is 0. The number of esters is 3. The molecule has 0 radical (unpaired) electrons. The van der Waals surface area contributed by atoms with Crippen LogP contribution in [0.4, 0.5) is 0 Å². The van der Waals surface area contributed by atoms with Gasteiger partial charge in [-0.05, 0) is 57.8 Å². The lowest BCUT2D eigenvalue weighted by molar-refractivity contribution is -0.167. The molecule has 0 amide bonds. The Labute approximate surface area is 432 Å². The standard InChI is InChI=1S/C64H108O6/c1-4-7-10-13-16-19-22-25-28-30-32-34-36-39-42-45-48-51-54-57-63(66)69-60-61(59-68-62(65)56-53-50-47-44-41-38-35-27-24-21-18-15-12-9-6-3)70-64(67)58-55-52-49-46-43-40-37-33-31-29-26-23-20-17-14-11-8-5-2/h9,11-12,14-15,17-18,20-21,23-24,26,29,31,33,37,61H,4-8,10,13,16,19,22,25,27-28,30,32,34-36,38-60H2,1-3H3/b12-9-,14-11-,18-15-,20-17-,24-21-,26-23-,31-29-,37-33-. The maximum absolute atomic E-state index is 12.9. The molecule has 0 rings (SSSR count). The molecule has 0 fully saturated rings. The van der Waals surface area contributed by atoms with Crippen LogP contribution in [0.2, 0.25) is 0 Å². The van der Waals surface area contributed by atoms with Gasteiger partial charge in [0, 0.05) is 19.3 Å². The predicted octanol–water partition coefficient (Wildman–Crippen LogP) is 19.7. The van der Waals surface area contributed by atoms with Gasteiger partial charge in [-0.15, -0.1) is 0 Å². The molecule has 0 N–H and O–H groups in total. The smallest absolute Gasteiger partial charge is 0.306 e. The first-order valence-corrected chi connectivity index (χ1v) is 29.3. The number of rotatable bonds is 52. The monoisotopic (exact) mass is 973 g/mol. The Morgan fingerprint density at radius 3 is 0.929 bits per heavy atom. The van der Waals surface area contributed by atoms with E-state index in [0.717, 1.165) is 96.3 Å². The molecule has 0 aromatic rings. The molecule has 0 saturated heterocycles. The summed E-state index contributed by atoms with van der Waals surface area (Å²) >= 11 is 0. The normalized spacial score (nSPS) is 12.8. The second-order valence-electron chi connectivity index (χ2n) is 19.4. The van der Waals surface area contributed by atoms with Gasteiger partial charge in [-0.25, -0.2) is 0 Å². The SMILES string of the molecule is CC\C=C/C=C\C=C/CCCCCCCCCC(=O)OCC(COC(=O)CCCCCCCCCCCCCCCCCCCCC)OC(=O)CCCCCCC\C=C/C=C\C=C/C=C\C=C/CCC. The summed E-state index contributed by atoms with van der Waals surface area (Å²) < 4.78 is 16.9. The third-order valence-electron chi connectivity index (χ3n) is 12.5. The summed E-state index contributed by atoms with van der Waals surface area (Å²) in [7, 11) is 0. The highest BCUT2D eigenvalue weighted by Gasteiger charge is 2.19. The summed E-state index contributed by atoms with van der Waals surface area (Å²) in [6.07, 6.45) is 76.8. The molecule has 0 aromatic carbocycles. The molecule has 0 aliphatic rings. The van der Waals surface area contributed by atoms with E-state index < -0.39 is 6.10 Å². The maximum Gasteiger partial charge on any atom is 0.306 e. The number of hydrogen-bond donors (Lipinski definition) is 0. The maximum atomic E-state index is 12.9. The van der Waals surface area contributed by atoms with Crippen LogP contribution in [0.15, 0.2) is 97.2 Å². The lowest BCUT2D eigenvalue weighted by atomic mass is 10.0. The van der Waals surface area contributed by atoms with Crippen molar-refractivity contribution in [1.82, 2.24) is 0 Å². The average molecular weight is 974 g/mol. The van der Waals surface area contributed by atoms with Crippen molar-refractivity contribution in [2.45, 2.75) is 277 Å². The van der Waals surface area contributed by atoms with Crippen LogP contribution in [0.3, 0.4) is 0 Å². The highest BCUT2D eigenvalue weighted by molar-refractivity contribution is 5.71. The van der Waals surface area contributed by atoms with Gasteiger partial charge in [0.15, 0.2) is 6.10 Å². The molecule has 1 atom stereocenters. The van der Waals surface area contributed by atoms with Crippen molar-refractivity contribution in [3.8, 4) is 0 Å². The third kappa shape index (κ3) is 55.3. The Bertz CT molecular complexity index is 1400. The highest BCUT2D eigenvalue weighted by Crippen LogP contribution is 2.16. The molecule has 6 heteroatoms. The number of carbonyl (C=O) groups is 3. The van der Waals surface area contributed by atoms with Crippen molar-refractivity contribution in [1.29, 1.82) is 0 Å². The molecule has 0 heterocycles. The largest absolute Gasteiger partial charge is 0.462 e. The quantitative estimate of drug-likeness (QED) is 0.0262. The van der Waals surface area contributed by atoms with E-state index in [1.54, 1.807) is 0 Å². The topological polar surface area (TPSA) is 78.9 Å². The molecule has 400 valence electrons. The lowest BCUT2D eigenvalue weighted by Gasteiger charge is -2.18. The van der Waals surface area contributed by atoms with Gasteiger partial charge in [0.25, 0.3) is 0 Å². The van der Waals surface area contributed by atoms with Gasteiger partial charge < -0.3 is 14.2 Å². The molecule has 6 nitrogen and oxygen atoms in total. The van der Waals surface area contributed by atoms with Crippen LogP contribution in [-0.4, -0.2) is 37.2 Å². The zero-order valence-corrected chi connectivity index (χ0v) is 45.8. The summed E-state index contributed by atoms with van der Waals surface area (Å²) in [6, 6.07) is 0. The first kappa shape index (κ1) is 66.3. The van der Waals surface area contributed by atoms with Crippen LogP contribution >= 0.6 is 0 Å². The first-order chi connectivity index (χ1) is 34.5. The van der Waals surface area contributed by atoms with Crippen molar-refractivity contribution >= 4 is 17.9 Å². The second-order valence-corrected chi connectivity index (χ2v) is 19.4. The fourth-order valence-corrected chi connectivity index (χ4v) is 8.12. The number of allylic oxidation sites excluding steroid dienone is 16. The zero-order chi connectivity index (χ0) is 50.7. The minimum absolute atomic E-state index is 0.0907. The van der Waals surface area contributed by atoms with Crippen molar-refractivity contribution < 1.29 is 28.6 Å². The molecular weight excluding hydrogens is 865 g/mol. The van der Waals surface area contributed by atoms with Crippen LogP contribution in [0.25, 0.3) is 0 Å². The van der Waals surface area contributed by atoms with Crippen molar-refractivity contribution in [3.05, 3.63) is 97.2 Å². The van der Waals surface area contributed by atoms with E-state index >= 15 is 0 Å². The fourth-order valence-electron chi connectivity index (χ4n) is 8.12. The van der Waals surface area contributed by atoms with Gasteiger partial charge in [-0.1, -0.05) is 291 Å². The second kappa shape index (κ2) is 57.9. The third-order valence-corrected chi connectivity index (χ3v) is 12.5. The fraction of sp³-hybridized carbons (Fsp3) is 0.703. The lowest BCUT2D eigenvalue weighted by Crippen LogP contribution is -2.30. The van der Waals surface area contributed by atoms with Gasteiger partial charge in [-0.2, -0.15) is 0 Å². The van der Waals surface area contributed by atoms with Crippen LogP contribution in [-0.2, 0) is 28.6 Å². The van der Waals surface area contributed by atoms with E-state index in [1.165, 1.54) is 135 Å². The van der Waals surface area contributed by atoms with Gasteiger partial charge in [0.05, 0.1) is 0 Å². The van der Waals surface area contributed by atoms with Crippen LogP contribution in [0.5, 0.6) is 0 Å². The van der Waals surface area contributed by atoms with Crippen LogP contribution in [0.1, 0.15) is 271 Å². The van der Waals surface area contributed by atoms with Crippen molar-refractivity contribution in [2.24, 2.45) is 0 Å². The molecule has 0 aromatic heterocycles. The molecular formula is C64H108O6. The molecule has 0 aliphatic carbocycles. The van der Waals surface area contributed by atoms with E-state index in [2.05, 4.69) is 93.7 Å². The predicted molar refractivity (Wildman–Crippen MR) is 302 cm³/mol. The van der Waals surface area contributed by atoms with Gasteiger partial charge in [-0.3, -0.25) is 14.4 Å². The van der Waals surface area contributed by atoms with Crippen molar-refractivity contribution in [3.63, 3.8) is 0 Å². The molecule has 0 bridgehead atoms. The van der Waals surface area contributed by atoms with E-state index in [1.807, 2.05) is 24.3 Å². The minimum Gasteiger partial charge on any atom is -0.462 e. The van der Waals surface area contributed by atoms with E-state index in [4.69, 9.17) is 14.2 Å². The highest BCUT2D eigenvalue weighted by atomic mass is 16.6. The molecule has 0 aliphatic heterocycles. The van der Waals surface area contributed by atoms with Crippen LogP contribution in [0, 0.1) is 0 Å². The van der Waals surface area contributed by atoms with E-state index in [9.17, 15) is 14.4 Å². The molecule has 70 heavy (non-hydrogen) atoms. The van der Waals surface area contributed by atoms with Crippen LogP contribution < -0.4 is 0 Å². The van der Waals surface area contributed by atoms with Gasteiger partial charge in [0.2, 0.25) is 0 Å². The Hall–Kier alpha value is -3.67. The average Bonchev–Trinajstić information content (AvgIpc) is 3.36. The number of ether oxygens (including phenoxy) is 3. The summed E-state index contributed by atoms with van der Waals surface area (Å²) in [4.78, 5) is 38.2.